The number of H-pyrrole nitrogens is 1. The number of halogens is 3. The number of aromatic nitrogens is 5. The van der Waals surface area contributed by atoms with E-state index in [1.807, 2.05) is 51.1 Å². The maximum absolute atomic E-state index is 13.3. The Morgan fingerprint density at radius 2 is 1.80 bits per heavy atom. The van der Waals surface area contributed by atoms with Gasteiger partial charge in [-0.2, -0.15) is 13.2 Å². The minimum atomic E-state index is -4.29. The average molecular weight is 625 g/mol. The summed E-state index contributed by atoms with van der Waals surface area (Å²) in [4.78, 5) is 37.0. The molecule has 4 heterocycles. The number of hydrogen-bond acceptors (Lipinski definition) is 9. The number of anilines is 2. The van der Waals surface area contributed by atoms with E-state index in [1.165, 1.54) is 12.4 Å². The molecule has 45 heavy (non-hydrogen) atoms. The Morgan fingerprint density at radius 3 is 2.51 bits per heavy atom. The number of nitrogens with one attached hydrogen (secondary N) is 2. The summed E-state index contributed by atoms with van der Waals surface area (Å²) in [5.74, 6) is 1.23. The van der Waals surface area contributed by atoms with Crippen LogP contribution in [0.2, 0.25) is 0 Å². The van der Waals surface area contributed by atoms with Crippen molar-refractivity contribution in [1.82, 2.24) is 34.7 Å². The van der Waals surface area contributed by atoms with Crippen LogP contribution in [0, 0.1) is 5.41 Å². The maximum Gasteiger partial charge on any atom is 0.410 e. The van der Waals surface area contributed by atoms with Crippen molar-refractivity contribution in [3.05, 3.63) is 54.5 Å². The summed E-state index contributed by atoms with van der Waals surface area (Å²) in [6.07, 6.45) is -1.42. The van der Waals surface area contributed by atoms with Crippen LogP contribution in [-0.2, 0) is 11.3 Å². The summed E-state index contributed by atoms with van der Waals surface area (Å²) in [7, 11) is 0. The SMILES string of the molecule is CC(C)(C)OC(=O)N1CCN(Cc2ccnc(Nc3nc4ccc(-c5cc(OCC6(C(F)(F)F)CC6)ncn5)cc4[nH]3)c2)CC1. The quantitative estimate of drug-likeness (QED) is 0.246. The number of hydrogen-bond donors (Lipinski definition) is 2. The number of rotatable bonds is 8. The van der Waals surface area contributed by atoms with E-state index in [4.69, 9.17) is 9.47 Å². The van der Waals surface area contributed by atoms with Crippen LogP contribution >= 0.6 is 0 Å². The van der Waals surface area contributed by atoms with Gasteiger partial charge in [0.15, 0.2) is 0 Å². The lowest BCUT2D eigenvalue weighted by Gasteiger charge is -2.35. The van der Waals surface area contributed by atoms with E-state index in [0.29, 0.717) is 42.6 Å². The number of fused-ring (bicyclic) bond motifs is 1. The molecule has 14 heteroatoms. The zero-order valence-electron chi connectivity index (χ0n) is 25.3. The predicted molar refractivity (Wildman–Crippen MR) is 161 cm³/mol. The predicted octanol–water partition coefficient (Wildman–Crippen LogP) is 5.93. The maximum atomic E-state index is 13.3. The molecule has 0 unspecified atom stereocenters. The van der Waals surface area contributed by atoms with Crippen LogP contribution in [0.4, 0.5) is 29.7 Å². The molecule has 1 saturated heterocycles. The molecule has 11 nitrogen and oxygen atoms in total. The number of imidazole rings is 1. The molecule has 1 aliphatic carbocycles. The molecule has 3 aromatic heterocycles. The molecule has 4 aromatic rings. The molecule has 1 saturated carbocycles. The smallest absolute Gasteiger partial charge is 0.410 e. The number of ether oxygens (including phenoxy) is 2. The number of amides is 1. The Bertz CT molecular complexity index is 1670. The number of carbonyl (C=O) groups excluding carboxylic acids is 1. The number of pyridine rings is 1. The monoisotopic (exact) mass is 624 g/mol. The number of carbonyl (C=O) groups is 1. The molecular weight excluding hydrogens is 589 g/mol. The lowest BCUT2D eigenvalue weighted by atomic mass is 10.1. The number of nitrogens with zero attached hydrogens (tertiary/aromatic N) is 6. The first-order valence-corrected chi connectivity index (χ1v) is 14.8. The molecule has 1 aliphatic heterocycles. The van der Waals surface area contributed by atoms with Crippen molar-refractivity contribution in [3.63, 3.8) is 0 Å². The second-order valence-corrected chi connectivity index (χ2v) is 12.5. The van der Waals surface area contributed by atoms with Gasteiger partial charge in [0, 0.05) is 50.6 Å². The molecular formula is C31H35F3N8O3. The molecule has 2 aliphatic rings. The zero-order valence-corrected chi connectivity index (χ0v) is 25.3. The van der Waals surface area contributed by atoms with Crippen LogP contribution < -0.4 is 10.1 Å². The van der Waals surface area contributed by atoms with Crippen molar-refractivity contribution in [2.45, 2.75) is 51.9 Å². The van der Waals surface area contributed by atoms with Gasteiger partial charge in [-0.3, -0.25) is 4.90 Å². The van der Waals surface area contributed by atoms with Gasteiger partial charge in [-0.1, -0.05) is 6.07 Å². The Morgan fingerprint density at radius 1 is 1.02 bits per heavy atom. The van der Waals surface area contributed by atoms with E-state index in [2.05, 4.69) is 35.1 Å². The summed E-state index contributed by atoms with van der Waals surface area (Å²) >= 11 is 0. The summed E-state index contributed by atoms with van der Waals surface area (Å²) in [6.45, 7) is 8.54. The highest BCUT2D eigenvalue weighted by Gasteiger charge is 2.64. The largest absolute Gasteiger partial charge is 0.477 e. The second-order valence-electron chi connectivity index (χ2n) is 12.5. The molecule has 2 fully saturated rings. The summed E-state index contributed by atoms with van der Waals surface area (Å²) in [5, 5.41) is 3.23. The molecule has 0 bridgehead atoms. The van der Waals surface area contributed by atoms with E-state index in [1.54, 1.807) is 11.1 Å². The molecule has 0 radical (unpaired) electrons. The van der Waals surface area contributed by atoms with Gasteiger partial charge < -0.3 is 24.7 Å². The number of benzene rings is 1. The van der Waals surface area contributed by atoms with Crippen molar-refractivity contribution >= 4 is 28.9 Å². The molecule has 1 aromatic carbocycles. The first-order valence-electron chi connectivity index (χ1n) is 14.8. The van der Waals surface area contributed by atoms with Crippen LogP contribution in [0.1, 0.15) is 39.2 Å². The lowest BCUT2D eigenvalue weighted by Crippen LogP contribution is -2.49. The highest BCUT2D eigenvalue weighted by molar-refractivity contribution is 5.83. The first-order chi connectivity index (χ1) is 21.4. The molecule has 0 atom stereocenters. The van der Waals surface area contributed by atoms with Gasteiger partial charge in [0.1, 0.15) is 29.8 Å². The standard InChI is InChI=1S/C31H35F3N8O3/c1-29(2,3)45-28(43)42-12-10-41(11-13-42)17-20-6-9-35-25(14-20)40-27-38-22-5-4-21(15-24(22)39-27)23-16-26(37-19-36-23)44-18-30(7-8-30)31(32,33)34/h4-6,9,14-16,19H,7-8,10-13,17-18H2,1-3H3,(H2,35,38,39,40). The van der Waals surface area contributed by atoms with E-state index < -0.39 is 23.8 Å². The van der Waals surface area contributed by atoms with Crippen LogP contribution in [0.3, 0.4) is 0 Å². The molecule has 6 rings (SSSR count). The number of piperazine rings is 1. The van der Waals surface area contributed by atoms with Gasteiger partial charge in [-0.25, -0.2) is 24.7 Å². The average Bonchev–Trinajstić information content (AvgIpc) is 3.69. The van der Waals surface area contributed by atoms with Crippen molar-refractivity contribution in [1.29, 1.82) is 0 Å². The fourth-order valence-corrected chi connectivity index (χ4v) is 5.11. The van der Waals surface area contributed by atoms with Crippen LogP contribution in [0.15, 0.2) is 48.9 Å². The fraction of sp³-hybridized carbons (Fsp3) is 0.452. The van der Waals surface area contributed by atoms with Gasteiger partial charge in [-0.05, 0) is 63.4 Å². The van der Waals surface area contributed by atoms with Gasteiger partial charge in [0.05, 0.1) is 16.7 Å². The summed E-state index contributed by atoms with van der Waals surface area (Å²) < 4.78 is 50.7. The normalized spacial score (nSPS) is 16.9. The third kappa shape index (κ3) is 7.27. The number of aromatic amines is 1. The molecule has 238 valence electrons. The molecule has 2 N–H and O–H groups in total. The van der Waals surface area contributed by atoms with Gasteiger partial charge in [-0.15, -0.1) is 0 Å². The Hall–Kier alpha value is -4.46. The summed E-state index contributed by atoms with van der Waals surface area (Å²) in [6, 6.07) is 11.0. The molecule has 0 spiro atoms. The van der Waals surface area contributed by atoms with Gasteiger partial charge in [0.2, 0.25) is 11.8 Å². The minimum Gasteiger partial charge on any atom is -0.477 e. The topological polar surface area (TPSA) is 121 Å². The van der Waals surface area contributed by atoms with E-state index >= 15 is 0 Å². The van der Waals surface area contributed by atoms with E-state index in [0.717, 1.165) is 29.7 Å². The van der Waals surface area contributed by atoms with Crippen molar-refractivity contribution in [3.8, 4) is 17.1 Å². The molecule has 1 amide bonds. The van der Waals surface area contributed by atoms with Crippen LogP contribution in [0.25, 0.3) is 22.3 Å². The third-order valence-electron chi connectivity index (χ3n) is 7.87. The fourth-order valence-electron chi connectivity index (χ4n) is 5.11. The first kappa shape index (κ1) is 30.6. The van der Waals surface area contributed by atoms with Crippen LogP contribution in [0.5, 0.6) is 5.88 Å². The summed E-state index contributed by atoms with van der Waals surface area (Å²) in [5.41, 5.74) is 1.48. The van der Waals surface area contributed by atoms with Crippen LogP contribution in [-0.4, -0.2) is 85.4 Å². The van der Waals surface area contributed by atoms with Crippen molar-refractivity contribution in [2.24, 2.45) is 5.41 Å². The minimum absolute atomic E-state index is 0.0653. The Labute approximate surface area is 258 Å². The Kier molecular flexibility index (Phi) is 8.02. The highest BCUT2D eigenvalue weighted by Crippen LogP contribution is 2.57. The second kappa shape index (κ2) is 11.8. The zero-order chi connectivity index (χ0) is 31.8. The number of alkyl halides is 3. The van der Waals surface area contributed by atoms with Crippen molar-refractivity contribution in [2.75, 3.05) is 38.1 Å². The van der Waals surface area contributed by atoms with E-state index in [-0.39, 0.29) is 24.8 Å². The van der Waals surface area contributed by atoms with Gasteiger partial charge >= 0.3 is 12.3 Å². The van der Waals surface area contributed by atoms with Gasteiger partial charge in [0.25, 0.3) is 0 Å². The third-order valence-corrected chi connectivity index (χ3v) is 7.87. The Balaban J connectivity index is 1.07. The highest BCUT2D eigenvalue weighted by atomic mass is 19.4. The van der Waals surface area contributed by atoms with Crippen molar-refractivity contribution < 1.29 is 27.4 Å². The van der Waals surface area contributed by atoms with E-state index in [9.17, 15) is 18.0 Å². The lowest BCUT2D eigenvalue weighted by molar-refractivity contribution is -0.194.